The first-order valence-corrected chi connectivity index (χ1v) is 7.40. The van der Waals surface area contributed by atoms with Crippen LogP contribution in [0.15, 0.2) is 0 Å². The van der Waals surface area contributed by atoms with Crippen LogP contribution in [0.3, 0.4) is 0 Å². The maximum absolute atomic E-state index is 12.3. The fraction of sp³-hybridized carbons (Fsp3) is 0.933. The number of rotatable bonds is 6. The highest BCUT2D eigenvalue weighted by atomic mass is 16.2. The van der Waals surface area contributed by atoms with Gasteiger partial charge < -0.3 is 10.2 Å². The summed E-state index contributed by atoms with van der Waals surface area (Å²) in [7, 11) is 4.15. The van der Waals surface area contributed by atoms with Crippen LogP contribution in [0.5, 0.6) is 0 Å². The number of hydrogen-bond acceptors (Lipinski definition) is 2. The Morgan fingerprint density at radius 2 is 1.83 bits per heavy atom. The van der Waals surface area contributed by atoms with Gasteiger partial charge in [-0.2, -0.15) is 0 Å². The standard InChI is InChI=1S/C15H28N2O/c1-10(2)5-14(9-17(3)4)16-15(18)13-7-11-6-12(11)8-13/h10-14H,5-9H2,1-4H3,(H,16,18). The lowest BCUT2D eigenvalue weighted by atomic mass is 9.99. The molecular weight excluding hydrogens is 224 g/mol. The van der Waals surface area contributed by atoms with E-state index in [2.05, 4.69) is 38.2 Å². The second-order valence-corrected chi connectivity index (χ2v) is 7.02. The van der Waals surface area contributed by atoms with Crippen molar-refractivity contribution in [2.45, 2.75) is 45.6 Å². The predicted octanol–water partition coefficient (Wildman–Crippen LogP) is 2.12. The molecule has 2 fully saturated rings. The van der Waals surface area contributed by atoms with Crippen LogP contribution in [0.4, 0.5) is 0 Å². The SMILES string of the molecule is CC(C)CC(CN(C)C)NC(=O)C1CC2CC2C1. The zero-order valence-corrected chi connectivity index (χ0v) is 12.3. The number of hydrogen-bond donors (Lipinski definition) is 1. The van der Waals surface area contributed by atoms with Gasteiger partial charge in [0, 0.05) is 18.5 Å². The molecule has 1 amide bonds. The largest absolute Gasteiger partial charge is 0.352 e. The quantitative estimate of drug-likeness (QED) is 0.785. The van der Waals surface area contributed by atoms with E-state index < -0.39 is 0 Å². The molecule has 0 radical (unpaired) electrons. The monoisotopic (exact) mass is 252 g/mol. The van der Waals surface area contributed by atoms with E-state index in [9.17, 15) is 4.79 Å². The molecule has 2 rings (SSSR count). The van der Waals surface area contributed by atoms with Crippen molar-refractivity contribution in [2.24, 2.45) is 23.7 Å². The smallest absolute Gasteiger partial charge is 0.223 e. The Morgan fingerprint density at radius 1 is 1.22 bits per heavy atom. The van der Waals surface area contributed by atoms with Crippen molar-refractivity contribution in [2.75, 3.05) is 20.6 Å². The van der Waals surface area contributed by atoms with E-state index in [-0.39, 0.29) is 0 Å². The molecule has 0 aliphatic heterocycles. The molecule has 0 spiro atoms. The van der Waals surface area contributed by atoms with Crippen molar-refractivity contribution in [1.82, 2.24) is 10.2 Å². The molecule has 3 nitrogen and oxygen atoms in total. The van der Waals surface area contributed by atoms with Gasteiger partial charge in [0.2, 0.25) is 5.91 Å². The van der Waals surface area contributed by atoms with Gasteiger partial charge in [0.15, 0.2) is 0 Å². The Labute approximate surface area is 111 Å². The minimum absolute atomic E-state index is 0.310. The lowest BCUT2D eigenvalue weighted by Gasteiger charge is -2.25. The number of likely N-dealkylation sites (N-methyl/N-ethyl adjacent to an activating group) is 1. The molecule has 3 atom stereocenters. The van der Waals surface area contributed by atoms with E-state index in [1.54, 1.807) is 0 Å². The Morgan fingerprint density at radius 3 is 2.33 bits per heavy atom. The molecule has 18 heavy (non-hydrogen) atoms. The first kappa shape index (κ1) is 13.9. The topological polar surface area (TPSA) is 32.3 Å². The Bertz CT molecular complexity index is 281. The van der Waals surface area contributed by atoms with Crippen LogP contribution >= 0.6 is 0 Å². The molecule has 0 aromatic carbocycles. The summed E-state index contributed by atoms with van der Waals surface area (Å²) in [5, 5.41) is 3.28. The van der Waals surface area contributed by atoms with Crippen molar-refractivity contribution in [3.8, 4) is 0 Å². The number of nitrogens with zero attached hydrogens (tertiary/aromatic N) is 1. The van der Waals surface area contributed by atoms with Crippen LogP contribution in [0.25, 0.3) is 0 Å². The zero-order chi connectivity index (χ0) is 13.3. The van der Waals surface area contributed by atoms with Crippen molar-refractivity contribution < 1.29 is 4.79 Å². The van der Waals surface area contributed by atoms with Gasteiger partial charge in [-0.15, -0.1) is 0 Å². The van der Waals surface area contributed by atoms with Gasteiger partial charge in [-0.3, -0.25) is 4.79 Å². The average molecular weight is 252 g/mol. The van der Waals surface area contributed by atoms with Gasteiger partial charge in [-0.05, 0) is 57.5 Å². The van der Waals surface area contributed by atoms with E-state index in [1.807, 2.05) is 0 Å². The van der Waals surface area contributed by atoms with Crippen molar-refractivity contribution in [3.05, 3.63) is 0 Å². The van der Waals surface area contributed by atoms with Crippen LogP contribution in [-0.2, 0) is 4.79 Å². The van der Waals surface area contributed by atoms with Crippen LogP contribution in [-0.4, -0.2) is 37.5 Å². The number of carbonyl (C=O) groups is 1. The summed E-state index contributed by atoms with van der Waals surface area (Å²) in [6.45, 7) is 5.39. The fourth-order valence-electron chi connectivity index (χ4n) is 3.44. The second-order valence-electron chi connectivity index (χ2n) is 7.02. The molecule has 3 heteroatoms. The fourth-order valence-corrected chi connectivity index (χ4v) is 3.44. The Kier molecular flexibility index (Phi) is 4.31. The zero-order valence-electron chi connectivity index (χ0n) is 12.3. The molecule has 104 valence electrons. The summed E-state index contributed by atoms with van der Waals surface area (Å²) in [5.74, 6) is 3.03. The molecule has 1 N–H and O–H groups in total. The van der Waals surface area contributed by atoms with Gasteiger partial charge >= 0.3 is 0 Å². The van der Waals surface area contributed by atoms with Crippen molar-refractivity contribution >= 4 is 5.91 Å². The van der Waals surface area contributed by atoms with Gasteiger partial charge in [-0.25, -0.2) is 0 Å². The molecule has 0 saturated heterocycles. The van der Waals surface area contributed by atoms with Gasteiger partial charge in [-0.1, -0.05) is 13.8 Å². The molecular formula is C15H28N2O. The van der Waals surface area contributed by atoms with Crippen LogP contribution < -0.4 is 5.32 Å². The summed E-state index contributed by atoms with van der Waals surface area (Å²) < 4.78 is 0. The van der Waals surface area contributed by atoms with Crippen molar-refractivity contribution in [1.29, 1.82) is 0 Å². The van der Waals surface area contributed by atoms with E-state index >= 15 is 0 Å². The van der Waals surface area contributed by atoms with Crippen LogP contribution in [0.2, 0.25) is 0 Å². The highest BCUT2D eigenvalue weighted by molar-refractivity contribution is 5.79. The number of nitrogens with one attached hydrogen (secondary N) is 1. The third-order valence-electron chi connectivity index (χ3n) is 4.30. The number of fused-ring (bicyclic) bond motifs is 1. The molecule has 0 heterocycles. The second kappa shape index (κ2) is 5.60. The predicted molar refractivity (Wildman–Crippen MR) is 74.3 cm³/mol. The molecule has 2 aliphatic rings. The van der Waals surface area contributed by atoms with Crippen LogP contribution in [0, 0.1) is 23.7 Å². The van der Waals surface area contributed by atoms with Gasteiger partial charge in [0.1, 0.15) is 0 Å². The minimum atomic E-state index is 0.310. The molecule has 0 aromatic heterocycles. The molecule has 2 aliphatic carbocycles. The summed E-state index contributed by atoms with van der Waals surface area (Å²) in [4.78, 5) is 14.4. The third-order valence-corrected chi connectivity index (χ3v) is 4.30. The third kappa shape index (κ3) is 3.71. The maximum Gasteiger partial charge on any atom is 0.223 e. The molecule has 0 bridgehead atoms. The molecule has 0 aromatic rings. The minimum Gasteiger partial charge on any atom is -0.352 e. The summed E-state index contributed by atoms with van der Waals surface area (Å²) in [6, 6.07) is 0.310. The van der Waals surface area contributed by atoms with Gasteiger partial charge in [0.25, 0.3) is 0 Å². The van der Waals surface area contributed by atoms with E-state index in [4.69, 9.17) is 0 Å². The Hall–Kier alpha value is -0.570. The maximum atomic E-state index is 12.3. The average Bonchev–Trinajstić information content (AvgIpc) is 2.83. The van der Waals surface area contributed by atoms with Crippen LogP contribution in [0.1, 0.15) is 39.5 Å². The lowest BCUT2D eigenvalue weighted by Crippen LogP contribution is -2.44. The summed E-state index contributed by atoms with van der Waals surface area (Å²) >= 11 is 0. The highest BCUT2D eigenvalue weighted by Gasteiger charge is 2.48. The normalized spacial score (nSPS) is 31.6. The first-order chi connectivity index (χ1) is 8.45. The number of amides is 1. The lowest BCUT2D eigenvalue weighted by molar-refractivity contribution is -0.126. The van der Waals surface area contributed by atoms with Crippen molar-refractivity contribution in [3.63, 3.8) is 0 Å². The van der Waals surface area contributed by atoms with E-state index in [0.717, 1.165) is 37.6 Å². The first-order valence-electron chi connectivity index (χ1n) is 7.40. The highest BCUT2D eigenvalue weighted by Crippen LogP contribution is 2.54. The van der Waals surface area contributed by atoms with E-state index in [1.165, 1.54) is 6.42 Å². The summed E-state index contributed by atoms with van der Waals surface area (Å²) in [6.07, 6.45) is 4.75. The van der Waals surface area contributed by atoms with E-state index in [0.29, 0.717) is 23.8 Å². The van der Waals surface area contributed by atoms with Gasteiger partial charge in [0.05, 0.1) is 0 Å². The molecule has 3 unspecified atom stereocenters. The number of carbonyl (C=O) groups excluding carboxylic acids is 1. The Balaban J connectivity index is 1.80. The summed E-state index contributed by atoms with van der Waals surface area (Å²) in [5.41, 5.74) is 0. The molecule has 2 saturated carbocycles.